The average molecular weight is 293 g/mol. The van der Waals surface area contributed by atoms with Gasteiger partial charge in [-0.2, -0.15) is 0 Å². The molecule has 0 bridgehead atoms. The maximum atomic E-state index is 12.3. The van der Waals surface area contributed by atoms with E-state index in [1.165, 1.54) is 0 Å². The first-order valence-corrected chi connectivity index (χ1v) is 6.77. The van der Waals surface area contributed by atoms with Crippen LogP contribution in [0, 0.1) is 13.8 Å². The van der Waals surface area contributed by atoms with Gasteiger partial charge in [-0.3, -0.25) is 4.79 Å². The molecule has 19 heavy (non-hydrogen) atoms. The van der Waals surface area contributed by atoms with Gasteiger partial charge in [0.15, 0.2) is 5.78 Å². The Bertz CT molecular complexity index is 633. The largest absolute Gasteiger partial charge is 0.294 e. The zero-order valence-electron chi connectivity index (χ0n) is 10.8. The molecular weight excluding hydrogens is 279 g/mol. The molecule has 0 unspecified atom stereocenters. The number of Topliss-reactive ketones (excluding diaryl/α,β-unsaturated/α-hetero) is 1. The SMILES string of the molecule is Cc1ccc(C)c(CC(=O)c2cc(Cl)ccc2Cl)c1. The Kier molecular flexibility index (Phi) is 4.28. The molecule has 0 saturated carbocycles. The second-order valence-electron chi connectivity index (χ2n) is 4.65. The van der Waals surface area contributed by atoms with Crippen molar-refractivity contribution >= 4 is 29.0 Å². The molecule has 0 saturated heterocycles. The van der Waals surface area contributed by atoms with Crippen molar-refractivity contribution in [2.24, 2.45) is 0 Å². The number of hydrogen-bond acceptors (Lipinski definition) is 1. The van der Waals surface area contributed by atoms with Crippen molar-refractivity contribution < 1.29 is 4.79 Å². The Labute approximate surface area is 123 Å². The number of aryl methyl sites for hydroxylation is 2. The van der Waals surface area contributed by atoms with E-state index in [2.05, 4.69) is 0 Å². The monoisotopic (exact) mass is 292 g/mol. The Morgan fingerprint density at radius 2 is 1.79 bits per heavy atom. The van der Waals surface area contributed by atoms with Crippen LogP contribution in [0.25, 0.3) is 0 Å². The molecule has 98 valence electrons. The van der Waals surface area contributed by atoms with Crippen molar-refractivity contribution in [1.29, 1.82) is 0 Å². The van der Waals surface area contributed by atoms with Gasteiger partial charge in [-0.15, -0.1) is 0 Å². The van der Waals surface area contributed by atoms with Crippen LogP contribution in [-0.2, 0) is 6.42 Å². The number of carbonyl (C=O) groups is 1. The first-order valence-electron chi connectivity index (χ1n) is 6.02. The predicted octanol–water partition coefficient (Wildman–Crippen LogP) is 5.04. The molecule has 2 rings (SSSR count). The second-order valence-corrected chi connectivity index (χ2v) is 5.50. The first-order chi connectivity index (χ1) is 8.97. The third kappa shape index (κ3) is 3.37. The molecule has 0 radical (unpaired) electrons. The zero-order chi connectivity index (χ0) is 14.0. The highest BCUT2D eigenvalue weighted by atomic mass is 35.5. The molecule has 0 N–H and O–H groups in total. The molecule has 0 aliphatic rings. The third-order valence-electron chi connectivity index (χ3n) is 3.08. The van der Waals surface area contributed by atoms with Crippen molar-refractivity contribution in [2.45, 2.75) is 20.3 Å². The molecule has 0 aliphatic heterocycles. The summed E-state index contributed by atoms with van der Waals surface area (Å²) < 4.78 is 0. The normalized spacial score (nSPS) is 10.5. The summed E-state index contributed by atoms with van der Waals surface area (Å²) in [5.74, 6) is -0.0128. The minimum Gasteiger partial charge on any atom is -0.294 e. The Hall–Kier alpha value is -1.31. The molecular formula is C16H14Cl2O. The lowest BCUT2D eigenvalue weighted by Gasteiger charge is -2.08. The molecule has 0 fully saturated rings. The summed E-state index contributed by atoms with van der Waals surface area (Å²) in [5, 5.41) is 0.966. The minimum absolute atomic E-state index is 0.0128. The van der Waals surface area contributed by atoms with E-state index in [4.69, 9.17) is 23.2 Å². The van der Waals surface area contributed by atoms with Crippen LogP contribution < -0.4 is 0 Å². The van der Waals surface area contributed by atoms with E-state index in [0.717, 1.165) is 16.7 Å². The number of benzene rings is 2. The number of hydrogen-bond donors (Lipinski definition) is 0. The summed E-state index contributed by atoms with van der Waals surface area (Å²) >= 11 is 12.0. The summed E-state index contributed by atoms with van der Waals surface area (Å²) in [6.07, 6.45) is 0.341. The fraction of sp³-hybridized carbons (Fsp3) is 0.188. The van der Waals surface area contributed by atoms with Gasteiger partial charge >= 0.3 is 0 Å². The van der Waals surface area contributed by atoms with E-state index in [1.807, 2.05) is 32.0 Å². The molecule has 1 nitrogen and oxygen atoms in total. The van der Waals surface area contributed by atoms with Crippen molar-refractivity contribution in [3.63, 3.8) is 0 Å². The van der Waals surface area contributed by atoms with E-state index in [9.17, 15) is 4.79 Å². The molecule has 3 heteroatoms. The zero-order valence-corrected chi connectivity index (χ0v) is 12.3. The summed E-state index contributed by atoms with van der Waals surface area (Å²) in [5.41, 5.74) is 3.76. The van der Waals surface area contributed by atoms with Gasteiger partial charge in [-0.25, -0.2) is 0 Å². The highest BCUT2D eigenvalue weighted by Crippen LogP contribution is 2.23. The van der Waals surface area contributed by atoms with E-state index >= 15 is 0 Å². The predicted molar refractivity (Wildman–Crippen MR) is 80.4 cm³/mol. The Balaban J connectivity index is 2.30. The van der Waals surface area contributed by atoms with E-state index < -0.39 is 0 Å². The molecule has 2 aromatic rings. The van der Waals surface area contributed by atoms with Gasteiger partial charge in [-0.1, -0.05) is 47.0 Å². The smallest absolute Gasteiger partial charge is 0.168 e. The molecule has 0 aromatic heterocycles. The fourth-order valence-corrected chi connectivity index (χ4v) is 2.37. The standard InChI is InChI=1S/C16H14Cl2O/c1-10-3-4-11(2)12(7-10)8-16(19)14-9-13(17)5-6-15(14)18/h3-7,9H,8H2,1-2H3. The third-order valence-corrected chi connectivity index (χ3v) is 3.65. The van der Waals surface area contributed by atoms with Crippen LogP contribution in [0.2, 0.25) is 10.0 Å². The van der Waals surface area contributed by atoms with Gasteiger partial charge in [0.25, 0.3) is 0 Å². The van der Waals surface area contributed by atoms with E-state index in [1.54, 1.807) is 18.2 Å². The number of carbonyl (C=O) groups excluding carboxylic acids is 1. The average Bonchev–Trinajstić information content (AvgIpc) is 2.36. The molecule has 0 aliphatic carbocycles. The van der Waals surface area contributed by atoms with Gasteiger partial charge in [0.1, 0.15) is 0 Å². The minimum atomic E-state index is -0.0128. The maximum Gasteiger partial charge on any atom is 0.168 e. The van der Waals surface area contributed by atoms with Crippen LogP contribution in [-0.4, -0.2) is 5.78 Å². The number of halogens is 2. The number of ketones is 1. The topological polar surface area (TPSA) is 17.1 Å². The van der Waals surface area contributed by atoms with Gasteiger partial charge in [0.2, 0.25) is 0 Å². The summed E-state index contributed by atoms with van der Waals surface area (Å²) in [6.45, 7) is 4.02. The maximum absolute atomic E-state index is 12.3. The molecule has 0 heterocycles. The van der Waals surface area contributed by atoms with Gasteiger partial charge < -0.3 is 0 Å². The second kappa shape index (κ2) is 5.77. The summed E-state index contributed by atoms with van der Waals surface area (Å²) in [7, 11) is 0. The summed E-state index contributed by atoms with van der Waals surface area (Å²) in [6, 6.07) is 11.1. The Morgan fingerprint density at radius 1 is 1.05 bits per heavy atom. The van der Waals surface area contributed by atoms with Crippen LogP contribution in [0.15, 0.2) is 36.4 Å². The van der Waals surface area contributed by atoms with E-state index in [-0.39, 0.29) is 5.78 Å². The van der Waals surface area contributed by atoms with Gasteiger partial charge in [-0.05, 0) is 43.2 Å². The Morgan fingerprint density at radius 3 is 2.53 bits per heavy atom. The van der Waals surface area contributed by atoms with Crippen molar-refractivity contribution in [2.75, 3.05) is 0 Å². The van der Waals surface area contributed by atoms with E-state index in [0.29, 0.717) is 22.0 Å². The molecule has 0 amide bonds. The van der Waals surface area contributed by atoms with Crippen LogP contribution in [0.1, 0.15) is 27.0 Å². The van der Waals surface area contributed by atoms with Crippen LogP contribution in [0.5, 0.6) is 0 Å². The van der Waals surface area contributed by atoms with Gasteiger partial charge in [0.05, 0.1) is 5.02 Å². The fourth-order valence-electron chi connectivity index (χ4n) is 1.97. The highest BCUT2D eigenvalue weighted by molar-refractivity contribution is 6.35. The molecule has 0 spiro atoms. The van der Waals surface area contributed by atoms with Crippen LogP contribution in [0.4, 0.5) is 0 Å². The van der Waals surface area contributed by atoms with Crippen LogP contribution >= 0.6 is 23.2 Å². The van der Waals surface area contributed by atoms with Gasteiger partial charge in [0, 0.05) is 17.0 Å². The molecule has 2 aromatic carbocycles. The van der Waals surface area contributed by atoms with Crippen LogP contribution in [0.3, 0.4) is 0 Å². The molecule has 0 atom stereocenters. The summed E-state index contributed by atoms with van der Waals surface area (Å²) in [4.78, 5) is 12.3. The van der Waals surface area contributed by atoms with Crippen molar-refractivity contribution in [1.82, 2.24) is 0 Å². The van der Waals surface area contributed by atoms with Crippen molar-refractivity contribution in [3.05, 3.63) is 68.7 Å². The lowest BCUT2D eigenvalue weighted by molar-refractivity contribution is 0.0993. The first kappa shape index (κ1) is 14.1. The van der Waals surface area contributed by atoms with Crippen molar-refractivity contribution in [3.8, 4) is 0 Å². The quantitative estimate of drug-likeness (QED) is 0.725. The number of rotatable bonds is 3. The lowest BCUT2D eigenvalue weighted by Crippen LogP contribution is -2.06. The highest BCUT2D eigenvalue weighted by Gasteiger charge is 2.13. The lowest BCUT2D eigenvalue weighted by atomic mass is 9.98.